The number of halogens is 1. The predicted molar refractivity (Wildman–Crippen MR) is 89.7 cm³/mol. The number of rotatable bonds is 4. The monoisotopic (exact) mass is 340 g/mol. The molecule has 5 nitrogen and oxygen atoms in total. The Kier molecular flexibility index (Phi) is 4.79. The van der Waals surface area contributed by atoms with Crippen LogP contribution in [0.5, 0.6) is 0 Å². The summed E-state index contributed by atoms with van der Waals surface area (Å²) in [5.41, 5.74) is 2.17. The van der Waals surface area contributed by atoms with E-state index in [1.807, 2.05) is 30.3 Å². The Morgan fingerprint density at radius 2 is 1.80 bits per heavy atom. The molecule has 0 bridgehead atoms. The fraction of sp³-hybridized carbons (Fsp3) is 0.158. The van der Waals surface area contributed by atoms with Gasteiger partial charge in [0.05, 0.1) is 11.6 Å². The Bertz CT molecular complexity index is 816. The molecule has 2 aromatic carbocycles. The lowest BCUT2D eigenvalue weighted by Crippen LogP contribution is -2.45. The molecule has 0 radical (unpaired) electrons. The van der Waals surface area contributed by atoms with Crippen LogP contribution in [0.3, 0.4) is 0 Å². The van der Waals surface area contributed by atoms with E-state index in [0.29, 0.717) is 16.8 Å². The lowest BCUT2D eigenvalue weighted by molar-refractivity contribution is -0.140. The molecular weight excluding hydrogens is 323 g/mol. The summed E-state index contributed by atoms with van der Waals surface area (Å²) in [6, 6.07) is 13.8. The van der Waals surface area contributed by atoms with Crippen LogP contribution in [-0.2, 0) is 16.1 Å². The van der Waals surface area contributed by atoms with Crippen molar-refractivity contribution >= 4 is 12.0 Å². The molecule has 0 spiro atoms. The molecule has 0 unspecified atom stereocenters. The zero-order chi connectivity index (χ0) is 17.8. The van der Waals surface area contributed by atoms with E-state index >= 15 is 0 Å². The first kappa shape index (κ1) is 16.7. The number of nitrogens with one attached hydrogen (secondary N) is 2. The molecule has 0 aromatic heterocycles. The van der Waals surface area contributed by atoms with E-state index < -0.39 is 23.9 Å². The summed E-state index contributed by atoms with van der Waals surface area (Å²) in [6.07, 6.45) is 0. The molecule has 1 atom stereocenters. The van der Waals surface area contributed by atoms with Gasteiger partial charge in [-0.2, -0.15) is 0 Å². The van der Waals surface area contributed by atoms with Gasteiger partial charge in [0.15, 0.2) is 0 Å². The van der Waals surface area contributed by atoms with E-state index in [9.17, 15) is 14.0 Å². The number of urea groups is 1. The quantitative estimate of drug-likeness (QED) is 0.840. The van der Waals surface area contributed by atoms with Crippen molar-refractivity contribution in [3.05, 3.63) is 82.8 Å². The highest BCUT2D eigenvalue weighted by Crippen LogP contribution is 2.28. The molecule has 0 saturated heterocycles. The highest BCUT2D eigenvalue weighted by atomic mass is 19.1. The second-order valence-corrected chi connectivity index (χ2v) is 5.68. The van der Waals surface area contributed by atoms with Crippen LogP contribution in [0.15, 0.2) is 65.9 Å². The van der Waals surface area contributed by atoms with Gasteiger partial charge >= 0.3 is 12.0 Å². The number of esters is 1. The average molecular weight is 340 g/mol. The highest BCUT2D eigenvalue weighted by Gasteiger charge is 2.32. The highest BCUT2D eigenvalue weighted by molar-refractivity contribution is 5.95. The van der Waals surface area contributed by atoms with Crippen molar-refractivity contribution < 1.29 is 18.7 Å². The summed E-state index contributed by atoms with van der Waals surface area (Å²) in [6.45, 7) is 1.76. The van der Waals surface area contributed by atoms with Crippen molar-refractivity contribution in [1.29, 1.82) is 0 Å². The van der Waals surface area contributed by atoms with E-state index in [1.165, 1.54) is 24.3 Å². The largest absolute Gasteiger partial charge is 0.457 e. The second-order valence-electron chi connectivity index (χ2n) is 5.68. The van der Waals surface area contributed by atoms with E-state index in [2.05, 4.69) is 10.6 Å². The van der Waals surface area contributed by atoms with Gasteiger partial charge < -0.3 is 15.4 Å². The maximum absolute atomic E-state index is 13.2. The Morgan fingerprint density at radius 3 is 2.48 bits per heavy atom. The molecule has 6 heteroatoms. The molecule has 2 amide bonds. The van der Waals surface area contributed by atoms with Crippen LogP contribution in [0.25, 0.3) is 0 Å². The first-order chi connectivity index (χ1) is 12.0. The number of ether oxygens (including phenoxy) is 1. The molecule has 0 aliphatic carbocycles. The maximum atomic E-state index is 13.2. The molecule has 0 saturated carbocycles. The van der Waals surface area contributed by atoms with Crippen LogP contribution in [0.1, 0.15) is 24.1 Å². The van der Waals surface area contributed by atoms with Crippen molar-refractivity contribution in [2.24, 2.45) is 0 Å². The fourth-order valence-electron chi connectivity index (χ4n) is 2.67. The molecule has 3 rings (SSSR count). The van der Waals surface area contributed by atoms with Crippen molar-refractivity contribution in [2.75, 3.05) is 0 Å². The number of carbonyl (C=O) groups is 2. The average Bonchev–Trinajstić information content (AvgIpc) is 2.60. The molecule has 1 aliphatic heterocycles. The number of benzene rings is 2. The zero-order valence-corrected chi connectivity index (χ0v) is 13.6. The van der Waals surface area contributed by atoms with Crippen molar-refractivity contribution in [3.8, 4) is 0 Å². The van der Waals surface area contributed by atoms with Gasteiger partial charge in [0.1, 0.15) is 12.4 Å². The van der Waals surface area contributed by atoms with Crippen LogP contribution in [0, 0.1) is 5.82 Å². The van der Waals surface area contributed by atoms with Crippen molar-refractivity contribution in [3.63, 3.8) is 0 Å². The van der Waals surface area contributed by atoms with Gasteiger partial charge in [0, 0.05) is 5.70 Å². The van der Waals surface area contributed by atoms with Crippen molar-refractivity contribution in [1.82, 2.24) is 10.6 Å². The van der Waals surface area contributed by atoms with Gasteiger partial charge in [-0.1, -0.05) is 42.5 Å². The SMILES string of the molecule is CC1=C(C(=O)OCc2ccccc2)[C@H](c2ccc(F)cc2)NC(=O)N1. The number of hydrogen-bond donors (Lipinski definition) is 2. The van der Waals surface area contributed by atoms with Crippen LogP contribution >= 0.6 is 0 Å². The Hall–Kier alpha value is -3.15. The molecule has 2 N–H and O–H groups in total. The summed E-state index contributed by atoms with van der Waals surface area (Å²) in [4.78, 5) is 24.4. The van der Waals surface area contributed by atoms with E-state index in [0.717, 1.165) is 5.56 Å². The van der Waals surface area contributed by atoms with Crippen LogP contribution in [0.2, 0.25) is 0 Å². The van der Waals surface area contributed by atoms with Crippen LogP contribution in [0.4, 0.5) is 9.18 Å². The van der Waals surface area contributed by atoms with Gasteiger partial charge in [-0.3, -0.25) is 0 Å². The van der Waals surface area contributed by atoms with Gasteiger partial charge in [-0.25, -0.2) is 14.0 Å². The smallest absolute Gasteiger partial charge is 0.338 e. The fourth-order valence-corrected chi connectivity index (χ4v) is 2.67. The van der Waals surface area contributed by atoms with E-state index in [1.54, 1.807) is 6.92 Å². The number of allylic oxidation sites excluding steroid dienone is 1. The summed E-state index contributed by atoms with van der Waals surface area (Å²) in [5, 5.41) is 5.25. The maximum Gasteiger partial charge on any atom is 0.338 e. The van der Waals surface area contributed by atoms with Gasteiger partial charge in [0.2, 0.25) is 0 Å². The second kappa shape index (κ2) is 7.17. The molecule has 1 heterocycles. The third kappa shape index (κ3) is 3.85. The zero-order valence-electron chi connectivity index (χ0n) is 13.6. The van der Waals surface area contributed by atoms with Gasteiger partial charge in [0.25, 0.3) is 0 Å². The molecule has 2 aromatic rings. The third-order valence-electron chi connectivity index (χ3n) is 3.91. The number of carbonyl (C=O) groups excluding carboxylic acids is 2. The molecule has 1 aliphatic rings. The van der Waals surface area contributed by atoms with Gasteiger partial charge in [-0.15, -0.1) is 0 Å². The lowest BCUT2D eigenvalue weighted by atomic mass is 9.95. The summed E-state index contributed by atoms with van der Waals surface area (Å²) in [7, 11) is 0. The van der Waals surface area contributed by atoms with E-state index in [-0.39, 0.29) is 6.61 Å². The predicted octanol–water partition coefficient (Wildman–Crippen LogP) is 3.20. The first-order valence-electron chi connectivity index (χ1n) is 7.79. The standard InChI is InChI=1S/C19H17FN2O3/c1-12-16(18(23)25-11-13-5-3-2-4-6-13)17(22-19(24)21-12)14-7-9-15(20)10-8-14/h2-10,17H,11H2,1H3,(H2,21,22,24)/t17-/m0/s1. The summed E-state index contributed by atoms with van der Waals surface area (Å²) < 4.78 is 18.6. The summed E-state index contributed by atoms with van der Waals surface area (Å²) >= 11 is 0. The van der Waals surface area contributed by atoms with Crippen molar-refractivity contribution in [2.45, 2.75) is 19.6 Å². The molecule has 25 heavy (non-hydrogen) atoms. The minimum atomic E-state index is -0.697. The third-order valence-corrected chi connectivity index (χ3v) is 3.91. The molecular formula is C19H17FN2O3. The minimum absolute atomic E-state index is 0.126. The minimum Gasteiger partial charge on any atom is -0.457 e. The number of amides is 2. The Morgan fingerprint density at radius 1 is 1.12 bits per heavy atom. The Labute approximate surface area is 144 Å². The molecule has 0 fully saturated rings. The molecule has 128 valence electrons. The normalized spacial score (nSPS) is 16.9. The number of hydrogen-bond acceptors (Lipinski definition) is 3. The van der Waals surface area contributed by atoms with E-state index in [4.69, 9.17) is 4.74 Å². The lowest BCUT2D eigenvalue weighted by Gasteiger charge is -2.28. The first-order valence-corrected chi connectivity index (χ1v) is 7.79. The Balaban J connectivity index is 1.84. The van der Waals surface area contributed by atoms with Gasteiger partial charge in [-0.05, 0) is 30.2 Å². The van der Waals surface area contributed by atoms with Crippen LogP contribution in [-0.4, -0.2) is 12.0 Å². The topological polar surface area (TPSA) is 67.4 Å². The summed E-state index contributed by atoms with van der Waals surface area (Å²) in [5.74, 6) is -0.930. The van der Waals surface area contributed by atoms with Crippen LogP contribution < -0.4 is 10.6 Å².